The van der Waals surface area contributed by atoms with Gasteiger partial charge in [0.05, 0.1) is 6.20 Å². The summed E-state index contributed by atoms with van der Waals surface area (Å²) in [5, 5.41) is 7.62. The van der Waals surface area contributed by atoms with Gasteiger partial charge in [-0.3, -0.25) is 4.68 Å². The molecule has 1 aliphatic heterocycles. The maximum absolute atomic E-state index is 6.13. The van der Waals surface area contributed by atoms with E-state index in [1.165, 1.54) is 11.1 Å². The lowest BCUT2D eigenvalue weighted by Gasteiger charge is -2.32. The molecule has 4 nitrogen and oxygen atoms in total. The quantitative estimate of drug-likeness (QED) is 0.898. The first-order valence-corrected chi connectivity index (χ1v) is 6.60. The van der Waals surface area contributed by atoms with Crippen LogP contribution in [0.2, 0.25) is 0 Å². The third kappa shape index (κ3) is 2.24. The van der Waals surface area contributed by atoms with E-state index in [4.69, 9.17) is 4.74 Å². The molecule has 1 aromatic carbocycles. The number of hydrogen-bond acceptors (Lipinski definition) is 3. The Morgan fingerprint density at radius 1 is 1.42 bits per heavy atom. The van der Waals surface area contributed by atoms with Crippen molar-refractivity contribution in [2.45, 2.75) is 25.5 Å². The van der Waals surface area contributed by atoms with Crippen molar-refractivity contribution in [3.8, 4) is 5.75 Å². The van der Waals surface area contributed by atoms with Crippen LogP contribution >= 0.6 is 0 Å². The molecule has 1 aromatic heterocycles. The fraction of sp³-hybridized carbons (Fsp3) is 0.400. The van der Waals surface area contributed by atoms with Crippen LogP contribution in [0.1, 0.15) is 35.3 Å². The second kappa shape index (κ2) is 4.70. The van der Waals surface area contributed by atoms with Gasteiger partial charge in [0.1, 0.15) is 11.9 Å². The SMILES string of the molecule is CNC1CC(c2cnn(C)c2)Oc2ccc(C)cc21. The van der Waals surface area contributed by atoms with Gasteiger partial charge in [-0.1, -0.05) is 17.7 Å². The lowest BCUT2D eigenvalue weighted by atomic mass is 9.93. The van der Waals surface area contributed by atoms with E-state index in [9.17, 15) is 0 Å². The van der Waals surface area contributed by atoms with E-state index in [-0.39, 0.29) is 6.10 Å². The molecule has 0 bridgehead atoms. The fourth-order valence-electron chi connectivity index (χ4n) is 2.67. The molecule has 2 heterocycles. The number of hydrogen-bond donors (Lipinski definition) is 1. The molecule has 0 radical (unpaired) electrons. The van der Waals surface area contributed by atoms with Crippen molar-refractivity contribution >= 4 is 0 Å². The number of nitrogens with one attached hydrogen (secondary N) is 1. The van der Waals surface area contributed by atoms with E-state index >= 15 is 0 Å². The lowest BCUT2D eigenvalue weighted by molar-refractivity contribution is 0.154. The second-order valence-corrected chi connectivity index (χ2v) is 5.17. The Hall–Kier alpha value is -1.81. The van der Waals surface area contributed by atoms with Crippen LogP contribution in [0.25, 0.3) is 0 Å². The Morgan fingerprint density at radius 2 is 2.26 bits per heavy atom. The molecular formula is C15H19N3O. The smallest absolute Gasteiger partial charge is 0.129 e. The molecule has 2 unspecified atom stereocenters. The van der Waals surface area contributed by atoms with E-state index in [0.717, 1.165) is 17.7 Å². The Balaban J connectivity index is 1.95. The number of aryl methyl sites for hydroxylation is 2. The van der Waals surface area contributed by atoms with Gasteiger partial charge < -0.3 is 10.1 Å². The van der Waals surface area contributed by atoms with Gasteiger partial charge in [-0.2, -0.15) is 5.10 Å². The Labute approximate surface area is 113 Å². The Kier molecular flexibility index (Phi) is 3.03. The molecule has 1 N–H and O–H groups in total. The summed E-state index contributed by atoms with van der Waals surface area (Å²) in [6, 6.07) is 6.69. The summed E-state index contributed by atoms with van der Waals surface area (Å²) in [4.78, 5) is 0. The van der Waals surface area contributed by atoms with Crippen molar-refractivity contribution in [2.24, 2.45) is 7.05 Å². The van der Waals surface area contributed by atoms with Gasteiger partial charge in [-0.05, 0) is 20.0 Å². The van der Waals surface area contributed by atoms with Crippen molar-refractivity contribution in [3.63, 3.8) is 0 Å². The predicted molar refractivity (Wildman–Crippen MR) is 74.2 cm³/mol. The van der Waals surface area contributed by atoms with Gasteiger partial charge in [-0.15, -0.1) is 0 Å². The third-order valence-electron chi connectivity index (χ3n) is 3.70. The highest BCUT2D eigenvalue weighted by Gasteiger charge is 2.29. The van der Waals surface area contributed by atoms with Crippen LogP contribution in [0.5, 0.6) is 5.75 Å². The molecule has 1 aliphatic rings. The number of rotatable bonds is 2. The van der Waals surface area contributed by atoms with Crippen molar-refractivity contribution in [1.29, 1.82) is 0 Å². The van der Waals surface area contributed by atoms with Crippen LogP contribution in [0.15, 0.2) is 30.6 Å². The molecule has 0 saturated heterocycles. The highest BCUT2D eigenvalue weighted by molar-refractivity contribution is 5.41. The summed E-state index contributed by atoms with van der Waals surface area (Å²) in [6.45, 7) is 2.11. The molecule has 0 aliphatic carbocycles. The normalized spacial score (nSPS) is 21.8. The van der Waals surface area contributed by atoms with Crippen LogP contribution < -0.4 is 10.1 Å². The summed E-state index contributed by atoms with van der Waals surface area (Å²) in [7, 11) is 3.93. The number of aromatic nitrogens is 2. The molecule has 0 amide bonds. The van der Waals surface area contributed by atoms with Gasteiger partial charge in [0.25, 0.3) is 0 Å². The number of benzene rings is 1. The van der Waals surface area contributed by atoms with E-state index in [1.807, 2.05) is 31.2 Å². The van der Waals surface area contributed by atoms with Gasteiger partial charge in [0, 0.05) is 36.8 Å². The Morgan fingerprint density at radius 3 is 2.95 bits per heavy atom. The number of fused-ring (bicyclic) bond motifs is 1. The first-order chi connectivity index (χ1) is 9.17. The first-order valence-electron chi connectivity index (χ1n) is 6.60. The van der Waals surface area contributed by atoms with Gasteiger partial charge in [0.2, 0.25) is 0 Å². The molecule has 0 spiro atoms. The lowest BCUT2D eigenvalue weighted by Crippen LogP contribution is -2.26. The van der Waals surface area contributed by atoms with Crippen molar-refractivity contribution in [3.05, 3.63) is 47.3 Å². The largest absolute Gasteiger partial charge is 0.485 e. The molecule has 4 heteroatoms. The zero-order valence-corrected chi connectivity index (χ0v) is 11.6. The zero-order chi connectivity index (χ0) is 13.4. The second-order valence-electron chi connectivity index (χ2n) is 5.17. The summed E-state index contributed by atoms with van der Waals surface area (Å²) >= 11 is 0. The minimum atomic E-state index is 0.0707. The van der Waals surface area contributed by atoms with Crippen molar-refractivity contribution < 1.29 is 4.74 Å². The molecule has 3 rings (SSSR count). The number of nitrogens with zero attached hydrogens (tertiary/aromatic N) is 2. The minimum Gasteiger partial charge on any atom is -0.485 e. The van der Waals surface area contributed by atoms with E-state index < -0.39 is 0 Å². The summed E-state index contributed by atoms with van der Waals surface area (Å²) < 4.78 is 7.94. The first kappa shape index (κ1) is 12.2. The van der Waals surface area contributed by atoms with Gasteiger partial charge in [0.15, 0.2) is 0 Å². The average Bonchev–Trinajstić information content (AvgIpc) is 2.84. The third-order valence-corrected chi connectivity index (χ3v) is 3.70. The standard InChI is InChI=1S/C15H19N3O/c1-10-4-5-14-12(6-10)13(16-2)7-15(19-14)11-8-17-18(3)9-11/h4-6,8-9,13,15-16H,7H2,1-3H3. The molecular weight excluding hydrogens is 238 g/mol. The fourth-order valence-corrected chi connectivity index (χ4v) is 2.67. The molecule has 0 saturated carbocycles. The van der Waals surface area contributed by atoms with Crippen molar-refractivity contribution in [2.75, 3.05) is 7.05 Å². The maximum Gasteiger partial charge on any atom is 0.129 e. The van der Waals surface area contributed by atoms with Crippen LogP contribution in [0.3, 0.4) is 0 Å². The highest BCUT2D eigenvalue weighted by Crippen LogP contribution is 2.40. The predicted octanol–water partition coefficient (Wildman–Crippen LogP) is 2.51. The summed E-state index contributed by atoms with van der Waals surface area (Å²) in [5.74, 6) is 0.977. The zero-order valence-electron chi connectivity index (χ0n) is 11.6. The minimum absolute atomic E-state index is 0.0707. The molecule has 19 heavy (non-hydrogen) atoms. The van der Waals surface area contributed by atoms with Gasteiger partial charge >= 0.3 is 0 Å². The van der Waals surface area contributed by atoms with Crippen LogP contribution in [0, 0.1) is 6.92 Å². The highest BCUT2D eigenvalue weighted by atomic mass is 16.5. The van der Waals surface area contributed by atoms with Crippen LogP contribution in [0.4, 0.5) is 0 Å². The van der Waals surface area contributed by atoms with Crippen molar-refractivity contribution in [1.82, 2.24) is 15.1 Å². The number of ether oxygens (including phenoxy) is 1. The maximum atomic E-state index is 6.13. The van der Waals surface area contributed by atoms with Gasteiger partial charge in [-0.25, -0.2) is 0 Å². The summed E-state index contributed by atoms with van der Waals surface area (Å²) in [5.41, 5.74) is 3.65. The van der Waals surface area contributed by atoms with Crippen LogP contribution in [-0.2, 0) is 7.05 Å². The molecule has 2 aromatic rings. The Bertz CT molecular complexity index is 591. The molecule has 100 valence electrons. The molecule has 0 fully saturated rings. The molecule has 2 atom stereocenters. The van der Waals surface area contributed by atoms with E-state index in [2.05, 4.69) is 35.5 Å². The van der Waals surface area contributed by atoms with E-state index in [1.54, 1.807) is 0 Å². The average molecular weight is 257 g/mol. The summed E-state index contributed by atoms with van der Waals surface area (Å²) in [6.07, 6.45) is 4.91. The van der Waals surface area contributed by atoms with E-state index in [0.29, 0.717) is 6.04 Å². The van der Waals surface area contributed by atoms with Crippen LogP contribution in [-0.4, -0.2) is 16.8 Å². The monoisotopic (exact) mass is 257 g/mol. The topological polar surface area (TPSA) is 39.1 Å².